The van der Waals surface area contributed by atoms with E-state index in [0.717, 1.165) is 21.8 Å². The molecule has 3 heteroatoms. The lowest BCUT2D eigenvalue weighted by atomic mass is 10.1. The van der Waals surface area contributed by atoms with Gasteiger partial charge in [0, 0.05) is 23.3 Å². The summed E-state index contributed by atoms with van der Waals surface area (Å²) in [5.74, 6) is 0. The van der Waals surface area contributed by atoms with Crippen LogP contribution in [-0.2, 0) is 6.54 Å². The molecule has 2 nitrogen and oxygen atoms in total. The molecule has 0 fully saturated rings. The Morgan fingerprint density at radius 3 is 2.67 bits per heavy atom. The molecule has 0 bridgehead atoms. The quantitative estimate of drug-likeness (QED) is 0.842. The van der Waals surface area contributed by atoms with Crippen molar-refractivity contribution < 1.29 is 0 Å². The zero-order valence-electron chi connectivity index (χ0n) is 8.15. The lowest BCUT2D eigenvalue weighted by molar-refractivity contribution is 1.05. The third-order valence-electron chi connectivity index (χ3n) is 2.18. The lowest BCUT2D eigenvalue weighted by Crippen LogP contribution is -1.96. The number of aromatic nitrogens is 1. The summed E-state index contributed by atoms with van der Waals surface area (Å²) in [6.07, 6.45) is 1.79. The van der Waals surface area contributed by atoms with E-state index in [1.165, 1.54) is 0 Å². The highest BCUT2D eigenvalue weighted by Crippen LogP contribution is 2.20. The summed E-state index contributed by atoms with van der Waals surface area (Å²) in [6.45, 7) is 0.517. The molecule has 2 rings (SSSR count). The summed E-state index contributed by atoms with van der Waals surface area (Å²) >= 11 is 5.91. The second-order valence-corrected chi connectivity index (χ2v) is 3.70. The van der Waals surface area contributed by atoms with Gasteiger partial charge in [0.05, 0.1) is 5.69 Å². The lowest BCUT2D eigenvalue weighted by Gasteiger charge is -2.02. The molecule has 0 atom stereocenters. The van der Waals surface area contributed by atoms with Gasteiger partial charge in [-0.25, -0.2) is 0 Å². The van der Waals surface area contributed by atoms with E-state index >= 15 is 0 Å². The van der Waals surface area contributed by atoms with Crippen molar-refractivity contribution in [3.05, 3.63) is 53.2 Å². The van der Waals surface area contributed by atoms with Crippen LogP contribution in [0.1, 0.15) is 5.56 Å². The minimum absolute atomic E-state index is 0.517. The van der Waals surface area contributed by atoms with Crippen molar-refractivity contribution in [3.63, 3.8) is 0 Å². The summed E-state index contributed by atoms with van der Waals surface area (Å²) < 4.78 is 0. The maximum Gasteiger partial charge on any atom is 0.0702 e. The van der Waals surface area contributed by atoms with E-state index in [1.807, 2.05) is 36.4 Å². The van der Waals surface area contributed by atoms with Gasteiger partial charge < -0.3 is 5.73 Å². The zero-order chi connectivity index (χ0) is 10.7. The average molecular weight is 219 g/mol. The maximum atomic E-state index is 5.91. The first kappa shape index (κ1) is 10.1. The number of halogens is 1. The summed E-state index contributed by atoms with van der Waals surface area (Å²) in [5, 5.41) is 0.720. The van der Waals surface area contributed by atoms with Crippen molar-refractivity contribution in [3.8, 4) is 11.3 Å². The largest absolute Gasteiger partial charge is 0.326 e. The zero-order valence-corrected chi connectivity index (χ0v) is 8.91. The first-order chi connectivity index (χ1) is 7.29. The molecule has 1 aromatic heterocycles. The summed E-state index contributed by atoms with van der Waals surface area (Å²) in [5.41, 5.74) is 8.46. The molecule has 0 amide bonds. The molecule has 15 heavy (non-hydrogen) atoms. The van der Waals surface area contributed by atoms with E-state index in [0.29, 0.717) is 6.54 Å². The SMILES string of the molecule is NCc1ccc(-c2cccc(Cl)c2)nc1. The summed E-state index contributed by atoms with van der Waals surface area (Å²) in [7, 11) is 0. The highest BCUT2D eigenvalue weighted by molar-refractivity contribution is 6.30. The molecule has 2 N–H and O–H groups in total. The van der Waals surface area contributed by atoms with Gasteiger partial charge >= 0.3 is 0 Å². The third-order valence-corrected chi connectivity index (χ3v) is 2.42. The Bertz CT molecular complexity index is 451. The fraction of sp³-hybridized carbons (Fsp3) is 0.0833. The van der Waals surface area contributed by atoms with Crippen LogP contribution in [-0.4, -0.2) is 4.98 Å². The molecular weight excluding hydrogens is 208 g/mol. The van der Waals surface area contributed by atoms with Crippen LogP contribution in [0.2, 0.25) is 5.02 Å². The fourth-order valence-electron chi connectivity index (χ4n) is 1.36. The molecule has 76 valence electrons. The van der Waals surface area contributed by atoms with Crippen LogP contribution in [0.25, 0.3) is 11.3 Å². The second kappa shape index (κ2) is 4.43. The van der Waals surface area contributed by atoms with Crippen molar-refractivity contribution in [2.24, 2.45) is 5.73 Å². The predicted octanol–water partition coefficient (Wildman–Crippen LogP) is 2.86. The van der Waals surface area contributed by atoms with Gasteiger partial charge in [-0.15, -0.1) is 0 Å². The van der Waals surface area contributed by atoms with Crippen LogP contribution < -0.4 is 5.73 Å². The summed E-state index contributed by atoms with van der Waals surface area (Å²) in [4.78, 5) is 4.32. The normalized spacial score (nSPS) is 10.3. The summed E-state index contributed by atoms with van der Waals surface area (Å²) in [6, 6.07) is 11.6. The monoisotopic (exact) mass is 218 g/mol. The molecule has 0 radical (unpaired) electrons. The Morgan fingerprint density at radius 1 is 1.20 bits per heavy atom. The first-order valence-electron chi connectivity index (χ1n) is 4.70. The Kier molecular flexibility index (Phi) is 2.99. The molecule has 0 aliphatic heterocycles. The number of pyridine rings is 1. The maximum absolute atomic E-state index is 5.91. The average Bonchev–Trinajstić information content (AvgIpc) is 2.29. The van der Waals surface area contributed by atoms with E-state index < -0.39 is 0 Å². The minimum atomic E-state index is 0.517. The van der Waals surface area contributed by atoms with Gasteiger partial charge in [-0.2, -0.15) is 0 Å². The number of hydrogen-bond donors (Lipinski definition) is 1. The predicted molar refractivity (Wildman–Crippen MR) is 62.6 cm³/mol. The second-order valence-electron chi connectivity index (χ2n) is 3.27. The van der Waals surface area contributed by atoms with Crippen molar-refractivity contribution >= 4 is 11.6 Å². The smallest absolute Gasteiger partial charge is 0.0702 e. The van der Waals surface area contributed by atoms with Crippen LogP contribution in [0.4, 0.5) is 0 Å². The number of nitrogens with zero attached hydrogens (tertiary/aromatic N) is 1. The molecule has 2 aromatic rings. The number of rotatable bonds is 2. The third kappa shape index (κ3) is 2.35. The molecule has 0 aliphatic carbocycles. The van der Waals surface area contributed by atoms with Crippen molar-refractivity contribution in [2.75, 3.05) is 0 Å². The van der Waals surface area contributed by atoms with Crippen LogP contribution in [0.15, 0.2) is 42.6 Å². The molecule has 0 saturated carbocycles. The molecule has 0 aliphatic rings. The van der Waals surface area contributed by atoms with E-state index in [4.69, 9.17) is 17.3 Å². The van der Waals surface area contributed by atoms with Gasteiger partial charge in [-0.05, 0) is 23.8 Å². The van der Waals surface area contributed by atoms with Gasteiger partial charge in [0.2, 0.25) is 0 Å². The molecule has 1 aromatic carbocycles. The standard InChI is InChI=1S/C12H11ClN2/c13-11-3-1-2-10(6-11)12-5-4-9(7-14)8-15-12/h1-6,8H,7,14H2. The molecule has 0 saturated heterocycles. The highest BCUT2D eigenvalue weighted by atomic mass is 35.5. The number of nitrogens with two attached hydrogens (primary N) is 1. The van der Waals surface area contributed by atoms with Crippen LogP contribution in [0, 0.1) is 0 Å². The van der Waals surface area contributed by atoms with Crippen molar-refractivity contribution in [1.29, 1.82) is 0 Å². The molecule has 1 heterocycles. The van der Waals surface area contributed by atoms with Gasteiger partial charge in [-0.3, -0.25) is 4.98 Å². The molecule has 0 spiro atoms. The van der Waals surface area contributed by atoms with Gasteiger partial charge in [-0.1, -0.05) is 29.8 Å². The molecule has 0 unspecified atom stereocenters. The van der Waals surface area contributed by atoms with Crippen LogP contribution in [0.3, 0.4) is 0 Å². The Morgan fingerprint density at radius 2 is 2.07 bits per heavy atom. The van der Waals surface area contributed by atoms with E-state index in [1.54, 1.807) is 6.20 Å². The number of benzene rings is 1. The Balaban J connectivity index is 2.37. The van der Waals surface area contributed by atoms with E-state index in [9.17, 15) is 0 Å². The van der Waals surface area contributed by atoms with Crippen LogP contribution in [0.5, 0.6) is 0 Å². The first-order valence-corrected chi connectivity index (χ1v) is 5.08. The number of hydrogen-bond acceptors (Lipinski definition) is 2. The van der Waals surface area contributed by atoms with Gasteiger partial charge in [0.1, 0.15) is 0 Å². The van der Waals surface area contributed by atoms with Gasteiger partial charge in [0.25, 0.3) is 0 Å². The van der Waals surface area contributed by atoms with E-state index in [2.05, 4.69) is 4.98 Å². The minimum Gasteiger partial charge on any atom is -0.326 e. The van der Waals surface area contributed by atoms with Gasteiger partial charge in [0.15, 0.2) is 0 Å². The Hall–Kier alpha value is -1.38. The fourth-order valence-corrected chi connectivity index (χ4v) is 1.55. The highest BCUT2D eigenvalue weighted by Gasteiger charge is 1.99. The van der Waals surface area contributed by atoms with Crippen molar-refractivity contribution in [1.82, 2.24) is 4.98 Å². The Labute approximate surface area is 93.7 Å². The topological polar surface area (TPSA) is 38.9 Å². The van der Waals surface area contributed by atoms with Crippen LogP contribution >= 0.6 is 11.6 Å². The van der Waals surface area contributed by atoms with E-state index in [-0.39, 0.29) is 0 Å². The van der Waals surface area contributed by atoms with Crippen molar-refractivity contribution in [2.45, 2.75) is 6.54 Å². The molecular formula is C12H11ClN2.